The van der Waals surface area contributed by atoms with E-state index >= 15 is 0 Å². The van der Waals surface area contributed by atoms with Gasteiger partial charge in [-0.1, -0.05) is 0 Å². The Bertz CT molecular complexity index is 1040. The minimum absolute atomic E-state index is 0.0376. The summed E-state index contributed by atoms with van der Waals surface area (Å²) < 4.78 is 87.0. The van der Waals surface area contributed by atoms with Gasteiger partial charge in [-0.05, 0) is 42.5 Å². The zero-order chi connectivity index (χ0) is 22.6. The first-order chi connectivity index (χ1) is 14.6. The van der Waals surface area contributed by atoms with E-state index in [0.29, 0.717) is 0 Å². The molecule has 7 nitrogen and oxygen atoms in total. The number of morpholine rings is 1. The topological polar surface area (TPSA) is 84.9 Å². The molecule has 3 rings (SSSR count). The molecule has 0 atom stereocenters. The van der Waals surface area contributed by atoms with Crippen LogP contribution in [0.2, 0.25) is 0 Å². The van der Waals surface area contributed by atoms with Gasteiger partial charge < -0.3 is 14.8 Å². The second-order valence-electron chi connectivity index (χ2n) is 6.54. The molecule has 2 aromatic carbocycles. The highest BCUT2D eigenvalue weighted by Gasteiger charge is 2.30. The fourth-order valence-corrected chi connectivity index (χ4v) is 4.27. The molecule has 31 heavy (non-hydrogen) atoms. The summed E-state index contributed by atoms with van der Waals surface area (Å²) in [5, 5.41) is 2.44. The van der Waals surface area contributed by atoms with Gasteiger partial charge in [-0.25, -0.2) is 12.8 Å². The summed E-state index contributed by atoms with van der Waals surface area (Å²) >= 11 is 0. The lowest BCUT2D eigenvalue weighted by Crippen LogP contribution is -2.40. The Labute approximate surface area is 175 Å². The minimum atomic E-state index is -4.49. The maximum Gasteiger partial charge on any atom is 0.422 e. The fourth-order valence-electron chi connectivity index (χ4n) is 2.78. The van der Waals surface area contributed by atoms with Crippen LogP contribution in [-0.2, 0) is 14.8 Å². The van der Waals surface area contributed by atoms with Gasteiger partial charge in [0, 0.05) is 24.3 Å². The van der Waals surface area contributed by atoms with Crippen LogP contribution in [0.1, 0.15) is 10.4 Å². The number of benzene rings is 2. The number of sulfonamides is 1. The molecule has 0 spiro atoms. The normalized spacial score (nSPS) is 15.5. The van der Waals surface area contributed by atoms with Crippen molar-refractivity contribution in [1.29, 1.82) is 0 Å². The van der Waals surface area contributed by atoms with Crippen LogP contribution in [0, 0.1) is 5.82 Å². The predicted octanol–water partition coefficient (Wildman–Crippen LogP) is 3.04. The van der Waals surface area contributed by atoms with Crippen molar-refractivity contribution in [1.82, 2.24) is 4.31 Å². The van der Waals surface area contributed by atoms with E-state index in [1.165, 1.54) is 30.3 Å². The highest BCUT2D eigenvalue weighted by atomic mass is 32.2. The summed E-state index contributed by atoms with van der Waals surface area (Å²) in [6.45, 7) is -0.906. The Balaban J connectivity index is 1.72. The number of hydrogen-bond acceptors (Lipinski definition) is 5. The Morgan fingerprint density at radius 1 is 1.10 bits per heavy atom. The summed E-state index contributed by atoms with van der Waals surface area (Å²) in [5.41, 5.74) is 0.122. The lowest BCUT2D eigenvalue weighted by atomic mass is 10.2. The van der Waals surface area contributed by atoms with Gasteiger partial charge in [-0.3, -0.25) is 4.79 Å². The summed E-state index contributed by atoms with van der Waals surface area (Å²) in [7, 11) is -4.12. The molecule has 1 heterocycles. The van der Waals surface area contributed by atoms with Gasteiger partial charge in [0.1, 0.15) is 16.5 Å². The Kier molecular flexibility index (Phi) is 6.82. The van der Waals surface area contributed by atoms with Crippen molar-refractivity contribution in [2.45, 2.75) is 11.1 Å². The summed E-state index contributed by atoms with van der Waals surface area (Å²) in [4.78, 5) is 11.8. The van der Waals surface area contributed by atoms with Crippen LogP contribution in [0.5, 0.6) is 5.75 Å². The molecule has 0 aliphatic carbocycles. The first kappa shape index (κ1) is 23.0. The van der Waals surface area contributed by atoms with Gasteiger partial charge in [0.2, 0.25) is 10.0 Å². The Morgan fingerprint density at radius 2 is 1.74 bits per heavy atom. The Morgan fingerprint density at radius 3 is 2.35 bits per heavy atom. The number of alkyl halides is 3. The third kappa shape index (κ3) is 5.93. The first-order valence-corrected chi connectivity index (χ1v) is 10.5. The maximum atomic E-state index is 14.2. The third-order valence-electron chi connectivity index (χ3n) is 4.30. The van der Waals surface area contributed by atoms with Crippen LogP contribution in [0.3, 0.4) is 0 Å². The van der Waals surface area contributed by atoms with Gasteiger partial charge in [-0.15, -0.1) is 0 Å². The van der Waals surface area contributed by atoms with Crippen molar-refractivity contribution < 1.29 is 40.2 Å². The number of hydrogen-bond donors (Lipinski definition) is 1. The van der Waals surface area contributed by atoms with Gasteiger partial charge in [0.05, 0.1) is 13.2 Å². The van der Waals surface area contributed by atoms with E-state index in [4.69, 9.17) is 4.74 Å². The molecule has 0 aromatic heterocycles. The molecule has 1 aliphatic heterocycles. The first-order valence-electron chi connectivity index (χ1n) is 9.05. The van der Waals surface area contributed by atoms with Gasteiger partial charge in [-0.2, -0.15) is 17.5 Å². The van der Waals surface area contributed by atoms with Crippen LogP contribution < -0.4 is 10.1 Å². The van der Waals surface area contributed by atoms with Crippen LogP contribution in [-0.4, -0.2) is 57.7 Å². The number of carbonyl (C=O) groups excluding carboxylic acids is 1. The van der Waals surface area contributed by atoms with Crippen molar-refractivity contribution in [2.75, 3.05) is 38.2 Å². The van der Waals surface area contributed by atoms with Gasteiger partial charge in [0.15, 0.2) is 6.61 Å². The number of nitrogens with zero attached hydrogens (tertiary/aromatic N) is 1. The quantitative estimate of drug-likeness (QED) is 0.668. The van der Waals surface area contributed by atoms with Crippen molar-refractivity contribution in [2.24, 2.45) is 0 Å². The molecule has 168 valence electrons. The predicted molar refractivity (Wildman–Crippen MR) is 102 cm³/mol. The van der Waals surface area contributed by atoms with Gasteiger partial charge >= 0.3 is 6.18 Å². The van der Waals surface area contributed by atoms with Crippen molar-refractivity contribution in [3.8, 4) is 5.75 Å². The Hall–Kier alpha value is -2.70. The van der Waals surface area contributed by atoms with Crippen molar-refractivity contribution in [3.05, 3.63) is 53.8 Å². The fraction of sp³-hybridized carbons (Fsp3) is 0.316. The molecular weight excluding hydrogens is 444 g/mol. The molecule has 1 amide bonds. The van der Waals surface area contributed by atoms with E-state index in [-0.39, 0.29) is 43.3 Å². The number of carbonyl (C=O) groups is 1. The molecule has 12 heteroatoms. The second kappa shape index (κ2) is 9.20. The number of anilines is 1. The van der Waals surface area contributed by atoms with Crippen LogP contribution >= 0.6 is 0 Å². The van der Waals surface area contributed by atoms with Crippen LogP contribution in [0.4, 0.5) is 23.2 Å². The number of amides is 1. The standard InChI is InChI=1S/C19H18F4N2O5S/c20-16-6-3-14(11-17(16)31(27,28)25-7-9-29-10-8-25)24-18(26)13-1-4-15(5-2-13)30-12-19(21,22)23/h1-6,11H,7-10,12H2,(H,24,26). The van der Waals surface area contributed by atoms with E-state index in [1.807, 2.05) is 0 Å². The molecular formula is C19H18F4N2O5S. The molecule has 0 radical (unpaired) electrons. The zero-order valence-electron chi connectivity index (χ0n) is 16.0. The molecule has 0 bridgehead atoms. The zero-order valence-corrected chi connectivity index (χ0v) is 16.8. The van der Waals surface area contributed by atoms with E-state index in [1.54, 1.807) is 0 Å². The van der Waals surface area contributed by atoms with Crippen molar-refractivity contribution >= 4 is 21.6 Å². The maximum absolute atomic E-state index is 14.2. The smallest absolute Gasteiger partial charge is 0.422 e. The SMILES string of the molecule is O=C(Nc1ccc(F)c(S(=O)(=O)N2CCOCC2)c1)c1ccc(OCC(F)(F)F)cc1. The molecule has 1 fully saturated rings. The number of nitrogens with one attached hydrogen (secondary N) is 1. The molecule has 1 N–H and O–H groups in total. The largest absolute Gasteiger partial charge is 0.484 e. The molecule has 2 aromatic rings. The van der Waals surface area contributed by atoms with E-state index in [0.717, 1.165) is 16.4 Å². The molecule has 0 saturated carbocycles. The lowest BCUT2D eigenvalue weighted by molar-refractivity contribution is -0.153. The van der Waals surface area contributed by atoms with Gasteiger partial charge in [0.25, 0.3) is 5.91 Å². The monoisotopic (exact) mass is 462 g/mol. The van der Waals surface area contributed by atoms with E-state index in [9.17, 15) is 30.8 Å². The number of ether oxygens (including phenoxy) is 2. The summed E-state index contributed by atoms with van der Waals surface area (Å²) in [6, 6.07) is 8.02. The van der Waals surface area contributed by atoms with E-state index in [2.05, 4.69) is 10.1 Å². The second-order valence-corrected chi connectivity index (χ2v) is 8.45. The summed E-state index contributed by atoms with van der Waals surface area (Å²) in [5.74, 6) is -1.70. The third-order valence-corrected chi connectivity index (χ3v) is 6.21. The van der Waals surface area contributed by atoms with E-state index < -0.39 is 39.4 Å². The lowest BCUT2D eigenvalue weighted by Gasteiger charge is -2.26. The highest BCUT2D eigenvalue weighted by Crippen LogP contribution is 2.25. The van der Waals surface area contributed by atoms with Crippen LogP contribution in [0.25, 0.3) is 0 Å². The average molecular weight is 462 g/mol. The van der Waals surface area contributed by atoms with Crippen LogP contribution in [0.15, 0.2) is 47.4 Å². The number of halogens is 4. The molecule has 0 unspecified atom stereocenters. The molecule has 1 aliphatic rings. The molecule has 1 saturated heterocycles. The summed E-state index contributed by atoms with van der Waals surface area (Å²) in [6.07, 6.45) is -4.49. The van der Waals surface area contributed by atoms with Crippen molar-refractivity contribution in [3.63, 3.8) is 0 Å². The minimum Gasteiger partial charge on any atom is -0.484 e. The number of rotatable bonds is 6. The highest BCUT2D eigenvalue weighted by molar-refractivity contribution is 7.89. The average Bonchev–Trinajstić information content (AvgIpc) is 2.74.